The molecule has 0 fully saturated rings. The fourth-order valence-corrected chi connectivity index (χ4v) is 3.40. The summed E-state index contributed by atoms with van der Waals surface area (Å²) in [6.07, 6.45) is -3.63. The second-order valence-electron chi connectivity index (χ2n) is 7.06. The van der Waals surface area contributed by atoms with E-state index in [2.05, 4.69) is 5.32 Å². The highest BCUT2D eigenvalue weighted by atomic mass is 19.4. The van der Waals surface area contributed by atoms with Crippen LogP contribution in [0.25, 0.3) is 16.8 Å². The molecule has 2 N–H and O–H groups in total. The second-order valence-corrected chi connectivity index (χ2v) is 7.06. The van der Waals surface area contributed by atoms with E-state index in [1.807, 2.05) is 0 Å². The molecule has 4 aromatic rings. The normalized spacial score (nSPS) is 11.5. The maximum absolute atomic E-state index is 13.8. The molecular formula is C23H13F5N2O3. The molecule has 2 aromatic carbocycles. The number of carboxylic acid groups (broad SMARTS) is 1. The molecule has 2 aromatic heterocycles. The Hall–Kier alpha value is -4.21. The zero-order valence-electron chi connectivity index (χ0n) is 16.5. The number of benzene rings is 2. The van der Waals surface area contributed by atoms with Gasteiger partial charge in [-0.1, -0.05) is 18.2 Å². The molecule has 2 heterocycles. The van der Waals surface area contributed by atoms with Crippen molar-refractivity contribution in [1.29, 1.82) is 0 Å². The van der Waals surface area contributed by atoms with Crippen molar-refractivity contribution in [2.75, 3.05) is 5.32 Å². The standard InChI is InChI=1S/C23H13F5N2O3/c24-18-3-1-2-16(19(18)25)21(31)29-14-7-4-12(5-8-14)20-17(23(26,27)28)10-15-9-6-13(22(32)33)11-30(15)20/h1-11H,(H,29,31)(H,32,33). The number of rotatable bonds is 4. The Labute approximate surface area is 182 Å². The number of carboxylic acids is 1. The van der Waals surface area contributed by atoms with Gasteiger partial charge in [0.1, 0.15) is 0 Å². The number of alkyl halides is 3. The van der Waals surface area contributed by atoms with E-state index in [-0.39, 0.29) is 28.0 Å². The molecule has 33 heavy (non-hydrogen) atoms. The minimum atomic E-state index is -4.72. The molecule has 0 saturated heterocycles. The monoisotopic (exact) mass is 460 g/mol. The third-order valence-corrected chi connectivity index (χ3v) is 4.93. The fraction of sp³-hybridized carbons (Fsp3) is 0.0435. The Balaban J connectivity index is 1.73. The molecule has 0 spiro atoms. The van der Waals surface area contributed by atoms with E-state index in [1.165, 1.54) is 36.4 Å². The van der Waals surface area contributed by atoms with E-state index >= 15 is 0 Å². The number of anilines is 1. The van der Waals surface area contributed by atoms with Crippen molar-refractivity contribution in [2.24, 2.45) is 0 Å². The molecule has 0 saturated carbocycles. The lowest BCUT2D eigenvalue weighted by Crippen LogP contribution is -2.14. The van der Waals surface area contributed by atoms with Crippen LogP contribution in [0.15, 0.2) is 66.9 Å². The first-order valence-electron chi connectivity index (χ1n) is 9.37. The van der Waals surface area contributed by atoms with E-state index in [0.717, 1.165) is 34.9 Å². The number of pyridine rings is 1. The Morgan fingerprint density at radius 1 is 0.939 bits per heavy atom. The number of halogens is 5. The lowest BCUT2D eigenvalue weighted by molar-refractivity contribution is -0.137. The van der Waals surface area contributed by atoms with Crippen LogP contribution >= 0.6 is 0 Å². The van der Waals surface area contributed by atoms with E-state index < -0.39 is 40.8 Å². The quantitative estimate of drug-likeness (QED) is 0.375. The Morgan fingerprint density at radius 3 is 2.27 bits per heavy atom. The van der Waals surface area contributed by atoms with Gasteiger partial charge in [-0.3, -0.25) is 4.79 Å². The molecule has 0 aliphatic carbocycles. The molecule has 4 rings (SSSR count). The molecule has 5 nitrogen and oxygen atoms in total. The third-order valence-electron chi connectivity index (χ3n) is 4.93. The van der Waals surface area contributed by atoms with E-state index in [0.29, 0.717) is 0 Å². The highest BCUT2D eigenvalue weighted by Gasteiger charge is 2.36. The fourth-order valence-electron chi connectivity index (χ4n) is 3.40. The maximum Gasteiger partial charge on any atom is 0.418 e. The molecule has 0 unspecified atom stereocenters. The molecular weight excluding hydrogens is 447 g/mol. The summed E-state index contributed by atoms with van der Waals surface area (Å²) in [5.74, 6) is -4.75. The predicted octanol–water partition coefficient (Wildman–Crippen LogP) is 5.85. The number of aromatic carboxylic acids is 1. The zero-order valence-corrected chi connectivity index (χ0v) is 16.5. The molecule has 0 aliphatic heterocycles. The molecule has 0 aliphatic rings. The van der Waals surface area contributed by atoms with Gasteiger partial charge in [-0.2, -0.15) is 13.2 Å². The summed E-state index contributed by atoms with van der Waals surface area (Å²) in [7, 11) is 0. The van der Waals surface area contributed by atoms with Crippen LogP contribution in [0.2, 0.25) is 0 Å². The first-order chi connectivity index (χ1) is 15.6. The SMILES string of the molecule is O=C(O)c1ccc2cc(C(F)(F)F)c(-c3ccc(NC(=O)c4cccc(F)c4F)cc3)n2c1. The van der Waals surface area contributed by atoms with Crippen molar-refractivity contribution in [3.05, 3.63) is 95.2 Å². The Bertz CT molecular complexity index is 1390. The number of amides is 1. The zero-order chi connectivity index (χ0) is 23.9. The number of aromatic nitrogens is 1. The minimum Gasteiger partial charge on any atom is -0.478 e. The topological polar surface area (TPSA) is 70.8 Å². The van der Waals surface area contributed by atoms with Crippen molar-refractivity contribution in [2.45, 2.75) is 6.18 Å². The van der Waals surface area contributed by atoms with Crippen molar-refractivity contribution in [3.8, 4) is 11.3 Å². The highest BCUT2D eigenvalue weighted by molar-refractivity contribution is 6.04. The van der Waals surface area contributed by atoms with Gasteiger partial charge < -0.3 is 14.8 Å². The molecule has 0 atom stereocenters. The summed E-state index contributed by atoms with van der Waals surface area (Å²) >= 11 is 0. The summed E-state index contributed by atoms with van der Waals surface area (Å²) in [4.78, 5) is 23.5. The summed E-state index contributed by atoms with van der Waals surface area (Å²) < 4.78 is 69.3. The van der Waals surface area contributed by atoms with Gasteiger partial charge in [-0.05, 0) is 48.0 Å². The third kappa shape index (κ3) is 4.14. The summed E-state index contributed by atoms with van der Waals surface area (Å²) in [6, 6.07) is 11.7. The largest absolute Gasteiger partial charge is 0.478 e. The molecule has 10 heteroatoms. The van der Waals surface area contributed by atoms with Crippen molar-refractivity contribution >= 4 is 23.1 Å². The first kappa shape index (κ1) is 22.0. The van der Waals surface area contributed by atoms with Gasteiger partial charge in [0.2, 0.25) is 0 Å². The van der Waals surface area contributed by atoms with Gasteiger partial charge in [0.25, 0.3) is 5.91 Å². The predicted molar refractivity (Wildman–Crippen MR) is 109 cm³/mol. The van der Waals surface area contributed by atoms with Gasteiger partial charge in [0.15, 0.2) is 11.6 Å². The van der Waals surface area contributed by atoms with Crippen LogP contribution in [0.5, 0.6) is 0 Å². The number of fused-ring (bicyclic) bond motifs is 1. The number of carbonyl (C=O) groups is 2. The number of carbonyl (C=O) groups excluding carboxylic acids is 1. The summed E-state index contributed by atoms with van der Waals surface area (Å²) in [6.45, 7) is 0. The highest BCUT2D eigenvalue weighted by Crippen LogP contribution is 2.39. The second kappa shape index (κ2) is 8.05. The molecule has 0 radical (unpaired) electrons. The van der Waals surface area contributed by atoms with Crippen LogP contribution in [0.4, 0.5) is 27.6 Å². The van der Waals surface area contributed by atoms with Crippen LogP contribution in [-0.4, -0.2) is 21.4 Å². The molecule has 0 bridgehead atoms. The van der Waals surface area contributed by atoms with E-state index in [4.69, 9.17) is 0 Å². The smallest absolute Gasteiger partial charge is 0.418 e. The van der Waals surface area contributed by atoms with Crippen LogP contribution in [-0.2, 0) is 6.18 Å². The van der Waals surface area contributed by atoms with E-state index in [1.54, 1.807) is 0 Å². The Morgan fingerprint density at radius 2 is 1.64 bits per heavy atom. The number of hydrogen-bond acceptors (Lipinski definition) is 2. The molecule has 1 amide bonds. The summed E-state index contributed by atoms with van der Waals surface area (Å²) in [5.41, 5.74) is -1.61. The van der Waals surface area contributed by atoms with Crippen LogP contribution in [0.3, 0.4) is 0 Å². The van der Waals surface area contributed by atoms with E-state index in [9.17, 15) is 36.6 Å². The lowest BCUT2D eigenvalue weighted by Gasteiger charge is -2.12. The summed E-state index contributed by atoms with van der Waals surface area (Å²) in [5, 5.41) is 11.5. The number of nitrogens with zero attached hydrogens (tertiary/aromatic N) is 1. The average molecular weight is 460 g/mol. The Kier molecular flexibility index (Phi) is 5.36. The van der Waals surface area contributed by atoms with Crippen LogP contribution < -0.4 is 5.32 Å². The van der Waals surface area contributed by atoms with Crippen molar-refractivity contribution in [3.63, 3.8) is 0 Å². The first-order valence-corrected chi connectivity index (χ1v) is 9.37. The number of hydrogen-bond donors (Lipinski definition) is 2. The van der Waals surface area contributed by atoms with Gasteiger partial charge in [0.05, 0.1) is 22.4 Å². The maximum atomic E-state index is 13.8. The van der Waals surface area contributed by atoms with Gasteiger partial charge in [-0.15, -0.1) is 0 Å². The minimum absolute atomic E-state index is 0.0970. The number of nitrogens with one attached hydrogen (secondary N) is 1. The lowest BCUT2D eigenvalue weighted by atomic mass is 10.1. The molecule has 168 valence electrons. The van der Waals surface area contributed by atoms with Crippen molar-refractivity contribution < 1.29 is 36.6 Å². The van der Waals surface area contributed by atoms with Gasteiger partial charge in [0, 0.05) is 17.4 Å². The van der Waals surface area contributed by atoms with Crippen molar-refractivity contribution in [1.82, 2.24) is 4.40 Å². The average Bonchev–Trinajstić information content (AvgIpc) is 3.15. The van der Waals surface area contributed by atoms with Gasteiger partial charge in [-0.25, -0.2) is 13.6 Å². The van der Waals surface area contributed by atoms with Crippen LogP contribution in [0.1, 0.15) is 26.3 Å². The van der Waals surface area contributed by atoms with Gasteiger partial charge >= 0.3 is 12.1 Å². The van der Waals surface area contributed by atoms with Crippen LogP contribution in [0, 0.1) is 11.6 Å².